The molecule has 28 heavy (non-hydrogen) atoms. The van der Waals surface area contributed by atoms with E-state index in [2.05, 4.69) is 9.55 Å². The smallest absolute Gasteiger partial charge is 0.293 e. The van der Waals surface area contributed by atoms with Crippen LogP contribution in [0.15, 0.2) is 28.7 Å². The van der Waals surface area contributed by atoms with Crippen LogP contribution in [0.1, 0.15) is 19.8 Å². The van der Waals surface area contributed by atoms with Crippen LogP contribution >= 0.6 is 0 Å². The molecule has 5 rings (SSSR count). The molecule has 1 aliphatic heterocycles. The molecule has 8 heteroatoms. The zero-order valence-electron chi connectivity index (χ0n) is 15.4. The predicted molar refractivity (Wildman–Crippen MR) is 103 cm³/mol. The number of nitrogens with zero attached hydrogens (tertiary/aromatic N) is 3. The number of hydrogen-bond donors (Lipinski definition) is 1. The van der Waals surface area contributed by atoms with Crippen molar-refractivity contribution < 1.29 is 18.3 Å². The maximum atomic E-state index is 14.6. The van der Waals surface area contributed by atoms with Crippen molar-refractivity contribution in [3.8, 4) is 22.9 Å². The van der Waals surface area contributed by atoms with Gasteiger partial charge in [0.2, 0.25) is 0 Å². The molecule has 2 aromatic heterocycles. The van der Waals surface area contributed by atoms with Crippen molar-refractivity contribution in [1.29, 1.82) is 0 Å². The molecule has 0 fully saturated rings. The summed E-state index contributed by atoms with van der Waals surface area (Å²) in [4.78, 5) is 8.84. The van der Waals surface area contributed by atoms with Crippen LogP contribution in [0, 0.1) is 5.82 Å². The molecule has 0 spiro atoms. The number of nitrogen functional groups attached to an aromatic ring is 1. The molecule has 0 bridgehead atoms. The van der Waals surface area contributed by atoms with Crippen LogP contribution in [0.5, 0.6) is 11.5 Å². The summed E-state index contributed by atoms with van der Waals surface area (Å²) in [6.45, 7) is 3.88. The first-order chi connectivity index (χ1) is 13.6. The fourth-order valence-electron chi connectivity index (χ4n) is 3.70. The first kappa shape index (κ1) is 16.9. The van der Waals surface area contributed by atoms with Crippen LogP contribution in [0.25, 0.3) is 33.5 Å². The van der Waals surface area contributed by atoms with Crippen LogP contribution in [-0.2, 0) is 6.54 Å². The summed E-state index contributed by atoms with van der Waals surface area (Å²) in [7, 11) is 0. The third-order valence-electron chi connectivity index (χ3n) is 4.84. The number of fused-ring (bicyclic) bond motifs is 1. The highest BCUT2D eigenvalue weighted by atomic mass is 19.1. The molecule has 4 aromatic rings. The van der Waals surface area contributed by atoms with Crippen molar-refractivity contribution in [2.24, 2.45) is 0 Å². The Bertz CT molecular complexity index is 1200. The van der Waals surface area contributed by atoms with E-state index in [0.29, 0.717) is 35.9 Å². The van der Waals surface area contributed by atoms with Gasteiger partial charge in [0, 0.05) is 24.2 Å². The van der Waals surface area contributed by atoms with Gasteiger partial charge in [0.1, 0.15) is 28.4 Å². The second kappa shape index (κ2) is 6.40. The number of anilines is 1. The number of hydrogen-bond acceptors (Lipinski definition) is 6. The number of aryl methyl sites for hydroxylation is 1. The Balaban J connectivity index is 1.77. The first-order valence-corrected chi connectivity index (χ1v) is 9.30. The molecule has 2 N–H and O–H groups in total. The normalized spacial score (nSPS) is 14.1. The van der Waals surface area contributed by atoms with Gasteiger partial charge < -0.3 is 24.2 Å². The number of nitrogens with two attached hydrogens (primary N) is 1. The van der Waals surface area contributed by atoms with E-state index in [4.69, 9.17) is 24.6 Å². The van der Waals surface area contributed by atoms with Crippen molar-refractivity contribution in [3.63, 3.8) is 0 Å². The first-order valence-electron chi connectivity index (χ1n) is 9.30. The second-order valence-corrected chi connectivity index (χ2v) is 6.72. The van der Waals surface area contributed by atoms with Crippen LogP contribution in [0.4, 0.5) is 10.4 Å². The van der Waals surface area contributed by atoms with E-state index in [0.717, 1.165) is 36.2 Å². The molecule has 0 saturated carbocycles. The SMILES string of the molecule is CCOc1cc2c3c(c1)nc(-c1cc(F)c4oc(N)nc4c1)n3CCCCO2. The third kappa shape index (κ3) is 2.64. The van der Waals surface area contributed by atoms with Gasteiger partial charge in [0.25, 0.3) is 6.01 Å². The van der Waals surface area contributed by atoms with E-state index >= 15 is 0 Å². The molecule has 0 saturated heterocycles. The van der Waals surface area contributed by atoms with Crippen molar-refractivity contribution in [2.75, 3.05) is 18.9 Å². The Morgan fingerprint density at radius 1 is 1.18 bits per heavy atom. The lowest BCUT2D eigenvalue weighted by Gasteiger charge is -2.17. The second-order valence-electron chi connectivity index (χ2n) is 6.72. The largest absolute Gasteiger partial charge is 0.494 e. The Hall–Kier alpha value is -3.29. The molecule has 7 nitrogen and oxygen atoms in total. The summed E-state index contributed by atoms with van der Waals surface area (Å²) in [5.41, 5.74) is 8.24. The van der Waals surface area contributed by atoms with Gasteiger partial charge in [-0.05, 0) is 31.9 Å². The highest BCUT2D eigenvalue weighted by molar-refractivity contribution is 5.89. The highest BCUT2D eigenvalue weighted by Crippen LogP contribution is 2.37. The monoisotopic (exact) mass is 382 g/mol. The lowest BCUT2D eigenvalue weighted by atomic mass is 10.1. The number of ether oxygens (including phenoxy) is 2. The summed E-state index contributed by atoms with van der Waals surface area (Å²) in [5, 5.41) is 0. The van der Waals surface area contributed by atoms with Crippen LogP contribution in [0.3, 0.4) is 0 Å². The highest BCUT2D eigenvalue weighted by Gasteiger charge is 2.21. The van der Waals surface area contributed by atoms with Gasteiger partial charge in [0.05, 0.1) is 18.7 Å². The van der Waals surface area contributed by atoms with Crippen LogP contribution < -0.4 is 15.2 Å². The van der Waals surface area contributed by atoms with Gasteiger partial charge >= 0.3 is 0 Å². The molecule has 0 radical (unpaired) electrons. The van der Waals surface area contributed by atoms with Gasteiger partial charge in [0.15, 0.2) is 11.4 Å². The van der Waals surface area contributed by atoms with Crippen molar-refractivity contribution in [2.45, 2.75) is 26.3 Å². The molecule has 0 amide bonds. The molecule has 0 unspecified atom stereocenters. The Morgan fingerprint density at radius 3 is 2.93 bits per heavy atom. The fourth-order valence-corrected chi connectivity index (χ4v) is 3.70. The number of imidazole rings is 1. The maximum Gasteiger partial charge on any atom is 0.293 e. The molecular formula is C20H19FN4O3. The molecule has 0 atom stereocenters. The number of oxazole rings is 1. The molecule has 3 heterocycles. The minimum atomic E-state index is -0.520. The minimum absolute atomic E-state index is 0.0488. The Labute approximate surface area is 159 Å². The van der Waals surface area contributed by atoms with Gasteiger partial charge in [-0.3, -0.25) is 0 Å². The summed E-state index contributed by atoms with van der Waals surface area (Å²) < 4.78 is 33.4. The summed E-state index contributed by atoms with van der Waals surface area (Å²) in [6.07, 6.45) is 1.86. The molecule has 2 aromatic carbocycles. The van der Waals surface area contributed by atoms with Gasteiger partial charge in [-0.25, -0.2) is 9.37 Å². The van der Waals surface area contributed by atoms with Crippen LogP contribution in [-0.4, -0.2) is 27.7 Å². The van der Waals surface area contributed by atoms with E-state index in [1.165, 1.54) is 6.07 Å². The Kier molecular flexibility index (Phi) is 3.85. The Morgan fingerprint density at radius 2 is 2.07 bits per heavy atom. The lowest BCUT2D eigenvalue weighted by molar-refractivity contribution is 0.294. The molecule has 1 aliphatic rings. The van der Waals surface area contributed by atoms with Crippen molar-refractivity contribution in [1.82, 2.24) is 14.5 Å². The number of benzene rings is 2. The number of halogens is 1. The van der Waals surface area contributed by atoms with E-state index in [1.54, 1.807) is 6.07 Å². The zero-order valence-corrected chi connectivity index (χ0v) is 15.4. The predicted octanol–water partition coefficient (Wildman–Crippen LogP) is 4.14. The maximum absolute atomic E-state index is 14.6. The summed E-state index contributed by atoms with van der Waals surface area (Å²) in [6, 6.07) is 6.86. The van der Waals surface area contributed by atoms with Gasteiger partial charge in [-0.1, -0.05) is 0 Å². The zero-order chi connectivity index (χ0) is 19.3. The fraction of sp³-hybridized carbons (Fsp3) is 0.300. The van der Waals surface area contributed by atoms with E-state index in [1.807, 2.05) is 19.1 Å². The van der Waals surface area contributed by atoms with E-state index in [-0.39, 0.29) is 11.6 Å². The third-order valence-corrected chi connectivity index (χ3v) is 4.84. The number of rotatable bonds is 3. The molecule has 144 valence electrons. The van der Waals surface area contributed by atoms with Crippen LogP contribution in [0.2, 0.25) is 0 Å². The van der Waals surface area contributed by atoms with Gasteiger partial charge in [-0.2, -0.15) is 4.98 Å². The number of aromatic nitrogens is 3. The topological polar surface area (TPSA) is 88.3 Å². The van der Waals surface area contributed by atoms with E-state index < -0.39 is 5.82 Å². The lowest BCUT2D eigenvalue weighted by Crippen LogP contribution is -2.09. The quantitative estimate of drug-likeness (QED) is 0.573. The van der Waals surface area contributed by atoms with Crippen molar-refractivity contribution >= 4 is 28.1 Å². The van der Waals surface area contributed by atoms with Crippen molar-refractivity contribution in [3.05, 3.63) is 30.1 Å². The van der Waals surface area contributed by atoms with Gasteiger partial charge in [-0.15, -0.1) is 0 Å². The minimum Gasteiger partial charge on any atom is -0.494 e. The average molecular weight is 382 g/mol. The molecular weight excluding hydrogens is 363 g/mol. The summed E-state index contributed by atoms with van der Waals surface area (Å²) >= 11 is 0. The average Bonchev–Trinajstić information content (AvgIpc) is 3.19. The van der Waals surface area contributed by atoms with E-state index in [9.17, 15) is 4.39 Å². The molecule has 0 aliphatic carbocycles. The standard InChI is InChI=1S/C20H19FN4O3/c1-2-26-12-9-14-17-16(10-12)27-6-4-3-5-25(17)19(23-14)11-7-13(21)18-15(8-11)24-20(22)28-18/h7-10H,2-6H2,1H3,(H2,22,24). The summed E-state index contributed by atoms with van der Waals surface area (Å²) in [5.74, 6) is 1.56.